The summed E-state index contributed by atoms with van der Waals surface area (Å²) in [6.45, 7) is 3.66. The standard InChI is InChI=1S/C10H14N2OS/c11-9-1-3-10(4-2-9)14-12-5-7-13-8-6-12/h1-4H,5-8,11H2. The van der Waals surface area contributed by atoms with Crippen molar-refractivity contribution in [1.29, 1.82) is 0 Å². The van der Waals surface area contributed by atoms with Crippen LogP contribution in [0.15, 0.2) is 29.2 Å². The summed E-state index contributed by atoms with van der Waals surface area (Å²) in [6.07, 6.45) is 0. The number of rotatable bonds is 2. The molecule has 1 aromatic rings. The average molecular weight is 210 g/mol. The van der Waals surface area contributed by atoms with Gasteiger partial charge in [-0.3, -0.25) is 0 Å². The molecular weight excluding hydrogens is 196 g/mol. The Morgan fingerprint density at radius 2 is 1.79 bits per heavy atom. The molecule has 3 nitrogen and oxygen atoms in total. The number of benzene rings is 1. The Morgan fingerprint density at radius 1 is 1.14 bits per heavy atom. The quantitative estimate of drug-likeness (QED) is 0.594. The average Bonchev–Trinajstić information content (AvgIpc) is 2.23. The first-order chi connectivity index (χ1) is 6.84. The maximum absolute atomic E-state index is 5.62. The molecule has 2 rings (SSSR count). The van der Waals surface area contributed by atoms with Gasteiger partial charge in [-0.2, -0.15) is 0 Å². The second kappa shape index (κ2) is 4.68. The van der Waals surface area contributed by atoms with Crippen LogP contribution in [0.5, 0.6) is 0 Å². The van der Waals surface area contributed by atoms with Crippen molar-refractivity contribution in [2.24, 2.45) is 0 Å². The molecule has 1 aliphatic heterocycles. The molecule has 0 bridgehead atoms. The third-order valence-electron chi connectivity index (χ3n) is 2.08. The number of nitrogens with two attached hydrogens (primary N) is 1. The van der Waals surface area contributed by atoms with Gasteiger partial charge in [-0.15, -0.1) is 0 Å². The van der Waals surface area contributed by atoms with E-state index in [1.807, 2.05) is 12.1 Å². The van der Waals surface area contributed by atoms with Crippen molar-refractivity contribution in [3.05, 3.63) is 24.3 Å². The van der Waals surface area contributed by atoms with Gasteiger partial charge in [-0.05, 0) is 36.2 Å². The maximum atomic E-state index is 5.62. The van der Waals surface area contributed by atoms with Gasteiger partial charge in [-0.25, -0.2) is 4.31 Å². The number of hydrogen-bond donors (Lipinski definition) is 1. The minimum Gasteiger partial charge on any atom is -0.399 e. The van der Waals surface area contributed by atoms with Crippen LogP contribution in [0.1, 0.15) is 0 Å². The lowest BCUT2D eigenvalue weighted by Crippen LogP contribution is -2.30. The van der Waals surface area contributed by atoms with Crippen molar-refractivity contribution in [2.75, 3.05) is 32.0 Å². The molecule has 2 N–H and O–H groups in total. The van der Waals surface area contributed by atoms with E-state index in [2.05, 4.69) is 16.4 Å². The summed E-state index contributed by atoms with van der Waals surface area (Å²) in [5.74, 6) is 0. The lowest BCUT2D eigenvalue weighted by molar-refractivity contribution is 0.0773. The molecule has 1 aliphatic rings. The fraction of sp³-hybridized carbons (Fsp3) is 0.400. The van der Waals surface area contributed by atoms with Gasteiger partial charge in [0.1, 0.15) is 0 Å². The second-order valence-corrected chi connectivity index (χ2v) is 4.37. The highest BCUT2D eigenvalue weighted by Gasteiger charge is 2.11. The smallest absolute Gasteiger partial charge is 0.0603 e. The highest BCUT2D eigenvalue weighted by molar-refractivity contribution is 7.97. The number of anilines is 1. The first-order valence-corrected chi connectivity index (χ1v) is 5.48. The maximum Gasteiger partial charge on any atom is 0.0603 e. The van der Waals surface area contributed by atoms with Crippen molar-refractivity contribution >= 4 is 17.6 Å². The highest BCUT2D eigenvalue weighted by atomic mass is 32.2. The SMILES string of the molecule is Nc1ccc(SN2CCOCC2)cc1. The first-order valence-electron chi connectivity index (χ1n) is 4.71. The molecule has 0 amide bonds. The molecule has 4 heteroatoms. The Kier molecular flexibility index (Phi) is 3.29. The molecule has 1 saturated heterocycles. The Morgan fingerprint density at radius 3 is 2.43 bits per heavy atom. The summed E-state index contributed by atoms with van der Waals surface area (Å²) in [5.41, 5.74) is 6.43. The van der Waals surface area contributed by atoms with E-state index >= 15 is 0 Å². The van der Waals surface area contributed by atoms with Crippen molar-refractivity contribution in [2.45, 2.75) is 4.90 Å². The van der Waals surface area contributed by atoms with E-state index in [4.69, 9.17) is 10.5 Å². The second-order valence-electron chi connectivity index (χ2n) is 3.20. The highest BCUT2D eigenvalue weighted by Crippen LogP contribution is 2.23. The molecular formula is C10H14N2OS. The monoisotopic (exact) mass is 210 g/mol. The van der Waals surface area contributed by atoms with Crippen LogP contribution in [-0.2, 0) is 4.74 Å². The van der Waals surface area contributed by atoms with Crippen LogP contribution in [0.25, 0.3) is 0 Å². The van der Waals surface area contributed by atoms with Gasteiger partial charge < -0.3 is 10.5 Å². The normalized spacial score (nSPS) is 18.3. The lowest BCUT2D eigenvalue weighted by Gasteiger charge is -2.25. The molecule has 14 heavy (non-hydrogen) atoms. The summed E-state index contributed by atoms with van der Waals surface area (Å²) in [6, 6.07) is 7.97. The Labute approximate surface area is 88.4 Å². The van der Waals surface area contributed by atoms with Crippen molar-refractivity contribution in [3.63, 3.8) is 0 Å². The molecule has 0 atom stereocenters. The minimum absolute atomic E-state index is 0.816. The number of morpholine rings is 1. The van der Waals surface area contributed by atoms with Crippen LogP contribution in [0.4, 0.5) is 5.69 Å². The Hall–Kier alpha value is -0.710. The predicted molar refractivity (Wildman–Crippen MR) is 59.1 cm³/mol. The van der Waals surface area contributed by atoms with Gasteiger partial charge in [0.15, 0.2) is 0 Å². The molecule has 1 aromatic carbocycles. The summed E-state index contributed by atoms with van der Waals surface area (Å²) < 4.78 is 7.60. The number of hydrogen-bond acceptors (Lipinski definition) is 4. The molecule has 0 unspecified atom stereocenters. The van der Waals surface area contributed by atoms with E-state index in [9.17, 15) is 0 Å². The molecule has 1 heterocycles. The third kappa shape index (κ3) is 2.64. The molecule has 0 spiro atoms. The molecule has 0 saturated carbocycles. The van der Waals surface area contributed by atoms with Crippen LogP contribution in [0.2, 0.25) is 0 Å². The van der Waals surface area contributed by atoms with Crippen LogP contribution in [0.3, 0.4) is 0 Å². The molecule has 0 aliphatic carbocycles. The van der Waals surface area contributed by atoms with E-state index in [-0.39, 0.29) is 0 Å². The Bertz CT molecular complexity index is 283. The van der Waals surface area contributed by atoms with E-state index < -0.39 is 0 Å². The minimum atomic E-state index is 0.816. The van der Waals surface area contributed by atoms with E-state index in [0.29, 0.717) is 0 Å². The zero-order valence-corrected chi connectivity index (χ0v) is 8.80. The number of nitrogens with zero attached hydrogens (tertiary/aromatic N) is 1. The van der Waals surface area contributed by atoms with E-state index in [1.54, 1.807) is 11.9 Å². The lowest BCUT2D eigenvalue weighted by atomic mass is 10.3. The van der Waals surface area contributed by atoms with Gasteiger partial charge >= 0.3 is 0 Å². The van der Waals surface area contributed by atoms with Gasteiger partial charge in [0.2, 0.25) is 0 Å². The summed E-state index contributed by atoms with van der Waals surface area (Å²) in [5, 5.41) is 0. The largest absolute Gasteiger partial charge is 0.399 e. The Balaban J connectivity index is 1.92. The van der Waals surface area contributed by atoms with Crippen LogP contribution in [0, 0.1) is 0 Å². The summed E-state index contributed by atoms with van der Waals surface area (Å²) >= 11 is 1.77. The van der Waals surface area contributed by atoms with E-state index in [0.717, 1.165) is 32.0 Å². The molecule has 76 valence electrons. The number of ether oxygens (including phenoxy) is 1. The van der Waals surface area contributed by atoms with Gasteiger partial charge in [-0.1, -0.05) is 0 Å². The summed E-state index contributed by atoms with van der Waals surface area (Å²) in [7, 11) is 0. The zero-order chi connectivity index (χ0) is 9.80. The fourth-order valence-corrected chi connectivity index (χ4v) is 2.20. The van der Waals surface area contributed by atoms with Crippen LogP contribution < -0.4 is 5.73 Å². The number of nitrogen functional groups attached to an aromatic ring is 1. The van der Waals surface area contributed by atoms with Gasteiger partial charge in [0.25, 0.3) is 0 Å². The topological polar surface area (TPSA) is 38.5 Å². The van der Waals surface area contributed by atoms with Crippen LogP contribution >= 0.6 is 11.9 Å². The molecule has 0 aromatic heterocycles. The van der Waals surface area contributed by atoms with Crippen molar-refractivity contribution < 1.29 is 4.74 Å². The first kappa shape index (κ1) is 9.83. The van der Waals surface area contributed by atoms with Crippen LogP contribution in [-0.4, -0.2) is 30.6 Å². The van der Waals surface area contributed by atoms with Crippen molar-refractivity contribution in [1.82, 2.24) is 4.31 Å². The van der Waals surface area contributed by atoms with Gasteiger partial charge in [0, 0.05) is 23.7 Å². The zero-order valence-electron chi connectivity index (χ0n) is 7.98. The predicted octanol–water partition coefficient (Wildman–Crippen LogP) is 1.61. The fourth-order valence-electron chi connectivity index (χ4n) is 1.32. The molecule has 1 fully saturated rings. The summed E-state index contributed by atoms with van der Waals surface area (Å²) in [4.78, 5) is 1.24. The van der Waals surface area contributed by atoms with E-state index in [1.165, 1.54) is 4.90 Å². The van der Waals surface area contributed by atoms with Gasteiger partial charge in [0.05, 0.1) is 13.2 Å². The van der Waals surface area contributed by atoms with Crippen molar-refractivity contribution in [3.8, 4) is 0 Å². The third-order valence-corrected chi connectivity index (χ3v) is 3.19. The molecule has 0 radical (unpaired) electrons.